The third-order valence-corrected chi connectivity index (χ3v) is 5.98. The fourth-order valence-electron chi connectivity index (χ4n) is 3.19. The van der Waals surface area contributed by atoms with Crippen molar-refractivity contribution in [1.29, 1.82) is 0 Å². The molecule has 1 aromatic heterocycles. The quantitative estimate of drug-likeness (QED) is 0.778. The molecule has 2 nitrogen and oxygen atoms in total. The number of aryl methyl sites for hydroxylation is 1. The fraction of sp³-hybridized carbons (Fsp3) is 0.444. The molecule has 1 aliphatic rings. The molecule has 2 heterocycles. The maximum absolute atomic E-state index is 13.1. The van der Waals surface area contributed by atoms with Crippen LogP contribution in [-0.2, 0) is 18.3 Å². The van der Waals surface area contributed by atoms with Gasteiger partial charge in [0.05, 0.1) is 16.2 Å². The molecule has 1 saturated heterocycles. The third kappa shape index (κ3) is 4.19. The first-order valence-corrected chi connectivity index (χ1v) is 9.24. The van der Waals surface area contributed by atoms with E-state index in [1.54, 1.807) is 11.3 Å². The van der Waals surface area contributed by atoms with Gasteiger partial charge in [0.15, 0.2) is 0 Å². The molecular weight excluding hydrogens is 371 g/mol. The van der Waals surface area contributed by atoms with Crippen LogP contribution >= 0.6 is 22.9 Å². The van der Waals surface area contributed by atoms with Crippen molar-refractivity contribution in [3.8, 4) is 0 Å². The average molecular weight is 390 g/mol. The average Bonchev–Trinajstić information content (AvgIpc) is 2.94. The van der Waals surface area contributed by atoms with E-state index in [9.17, 15) is 18.3 Å². The molecule has 1 N–H and O–H groups in total. The Bertz CT molecular complexity index is 751. The number of likely N-dealkylation sites (tertiary alicyclic amines) is 1. The first-order valence-electron chi connectivity index (χ1n) is 8.05. The monoisotopic (exact) mass is 389 g/mol. The van der Waals surface area contributed by atoms with Gasteiger partial charge in [-0.2, -0.15) is 13.2 Å². The largest absolute Gasteiger partial charge is 0.417 e. The molecule has 136 valence electrons. The van der Waals surface area contributed by atoms with Crippen molar-refractivity contribution in [2.45, 2.75) is 38.1 Å². The fourth-order valence-corrected chi connectivity index (χ4v) is 4.35. The lowest BCUT2D eigenvalue weighted by molar-refractivity contribution is -0.137. The molecule has 25 heavy (non-hydrogen) atoms. The van der Waals surface area contributed by atoms with Gasteiger partial charge in [0.25, 0.3) is 0 Å². The highest BCUT2D eigenvalue weighted by Gasteiger charge is 2.38. The molecule has 1 fully saturated rings. The van der Waals surface area contributed by atoms with Crippen molar-refractivity contribution in [3.63, 3.8) is 0 Å². The summed E-state index contributed by atoms with van der Waals surface area (Å²) in [5.74, 6) is 0. The number of aliphatic hydroxyl groups is 1. The molecule has 2 aromatic rings. The molecule has 1 aromatic carbocycles. The van der Waals surface area contributed by atoms with Crippen LogP contribution in [0.1, 0.15) is 33.7 Å². The predicted octanol–water partition coefficient (Wildman–Crippen LogP) is 5.21. The van der Waals surface area contributed by atoms with Crippen LogP contribution in [0.5, 0.6) is 0 Å². The van der Waals surface area contributed by atoms with Crippen LogP contribution in [0.3, 0.4) is 0 Å². The van der Waals surface area contributed by atoms with E-state index in [4.69, 9.17) is 11.6 Å². The maximum Gasteiger partial charge on any atom is 0.417 e. The van der Waals surface area contributed by atoms with Gasteiger partial charge in [-0.1, -0.05) is 17.7 Å². The Morgan fingerprint density at radius 3 is 2.44 bits per heavy atom. The maximum atomic E-state index is 13.1. The van der Waals surface area contributed by atoms with Gasteiger partial charge in [0.1, 0.15) is 0 Å². The second kappa shape index (κ2) is 6.91. The lowest BCUT2D eigenvalue weighted by atomic mass is 9.83. The number of hydrogen-bond donors (Lipinski definition) is 1. The summed E-state index contributed by atoms with van der Waals surface area (Å²) in [6, 6.07) is 7.87. The second-order valence-electron chi connectivity index (χ2n) is 6.51. The minimum Gasteiger partial charge on any atom is -0.385 e. The summed E-state index contributed by atoms with van der Waals surface area (Å²) >= 11 is 7.41. The van der Waals surface area contributed by atoms with E-state index in [1.807, 2.05) is 0 Å². The Labute approximate surface area is 153 Å². The zero-order valence-corrected chi connectivity index (χ0v) is 15.3. The molecule has 7 heteroatoms. The highest BCUT2D eigenvalue weighted by molar-refractivity contribution is 7.11. The Hall–Kier alpha value is -1.08. The van der Waals surface area contributed by atoms with Gasteiger partial charge < -0.3 is 5.11 Å². The van der Waals surface area contributed by atoms with E-state index in [0.29, 0.717) is 25.9 Å². The minimum atomic E-state index is -4.53. The van der Waals surface area contributed by atoms with Gasteiger partial charge in [-0.05, 0) is 49.6 Å². The molecule has 0 saturated carbocycles. The molecule has 0 aliphatic carbocycles. The molecule has 1 aliphatic heterocycles. The number of alkyl halides is 3. The highest BCUT2D eigenvalue weighted by atomic mass is 35.5. The molecule has 0 unspecified atom stereocenters. The molecule has 0 spiro atoms. The number of halogens is 4. The van der Waals surface area contributed by atoms with Crippen molar-refractivity contribution in [1.82, 2.24) is 4.90 Å². The van der Waals surface area contributed by atoms with Gasteiger partial charge in [-0.25, -0.2) is 0 Å². The van der Waals surface area contributed by atoms with Gasteiger partial charge in [0.2, 0.25) is 0 Å². The van der Waals surface area contributed by atoms with E-state index in [2.05, 4.69) is 24.0 Å². The van der Waals surface area contributed by atoms with Crippen LogP contribution in [0.2, 0.25) is 5.02 Å². The number of thiophene rings is 1. The first-order chi connectivity index (χ1) is 11.7. The Morgan fingerprint density at radius 2 is 1.88 bits per heavy atom. The standard InChI is InChI=1S/C18H19ClF3NOS/c1-12-2-4-14(25-12)11-23-8-6-17(24,7-9-23)13-3-5-16(19)15(10-13)18(20,21)22/h2-5,10,24H,6-9,11H2,1H3. The summed E-state index contributed by atoms with van der Waals surface area (Å²) in [5, 5.41) is 10.5. The van der Waals surface area contributed by atoms with Crippen LogP contribution in [0, 0.1) is 6.92 Å². The molecule has 0 atom stereocenters. The lowest BCUT2D eigenvalue weighted by Gasteiger charge is -2.38. The van der Waals surface area contributed by atoms with Gasteiger partial charge in [0, 0.05) is 29.4 Å². The molecule has 0 bridgehead atoms. The lowest BCUT2D eigenvalue weighted by Crippen LogP contribution is -2.42. The topological polar surface area (TPSA) is 23.5 Å². The summed E-state index contributed by atoms with van der Waals surface area (Å²) in [7, 11) is 0. The predicted molar refractivity (Wildman–Crippen MR) is 93.9 cm³/mol. The van der Waals surface area contributed by atoms with Crippen molar-refractivity contribution in [2.75, 3.05) is 13.1 Å². The summed E-state index contributed by atoms with van der Waals surface area (Å²) in [6.45, 7) is 4.14. The van der Waals surface area contributed by atoms with E-state index < -0.39 is 17.3 Å². The highest BCUT2D eigenvalue weighted by Crippen LogP contribution is 2.40. The van der Waals surface area contributed by atoms with Gasteiger partial charge in [-0.15, -0.1) is 11.3 Å². The minimum absolute atomic E-state index is 0.288. The van der Waals surface area contributed by atoms with E-state index in [0.717, 1.165) is 12.6 Å². The van der Waals surface area contributed by atoms with E-state index in [-0.39, 0.29) is 10.6 Å². The van der Waals surface area contributed by atoms with Crippen molar-refractivity contribution in [2.24, 2.45) is 0 Å². The second-order valence-corrected chi connectivity index (χ2v) is 8.29. The number of rotatable bonds is 3. The van der Waals surface area contributed by atoms with Crippen LogP contribution in [0.15, 0.2) is 30.3 Å². The van der Waals surface area contributed by atoms with E-state index >= 15 is 0 Å². The van der Waals surface area contributed by atoms with Crippen molar-refractivity contribution >= 4 is 22.9 Å². The molecule has 0 amide bonds. The van der Waals surface area contributed by atoms with Crippen LogP contribution in [0.25, 0.3) is 0 Å². The van der Waals surface area contributed by atoms with Crippen molar-refractivity contribution in [3.05, 3.63) is 56.2 Å². The number of piperidine rings is 1. The number of benzene rings is 1. The Kier molecular flexibility index (Phi) is 5.17. The Balaban J connectivity index is 1.72. The van der Waals surface area contributed by atoms with Crippen LogP contribution < -0.4 is 0 Å². The third-order valence-electron chi connectivity index (χ3n) is 4.67. The summed E-state index contributed by atoms with van der Waals surface area (Å²) in [5.41, 5.74) is -1.85. The van der Waals surface area contributed by atoms with Crippen LogP contribution in [0.4, 0.5) is 13.2 Å². The Morgan fingerprint density at radius 1 is 1.20 bits per heavy atom. The first kappa shape index (κ1) is 18.7. The molecule has 3 rings (SSSR count). The molecule has 0 radical (unpaired) electrons. The summed E-state index contributed by atoms with van der Waals surface area (Å²) < 4.78 is 39.2. The zero-order chi connectivity index (χ0) is 18.2. The van der Waals surface area contributed by atoms with Crippen molar-refractivity contribution < 1.29 is 18.3 Å². The van der Waals surface area contributed by atoms with Gasteiger partial charge in [-0.3, -0.25) is 4.90 Å². The van der Waals surface area contributed by atoms with Crippen LogP contribution in [-0.4, -0.2) is 23.1 Å². The zero-order valence-electron chi connectivity index (χ0n) is 13.7. The summed E-state index contributed by atoms with van der Waals surface area (Å²) in [6.07, 6.45) is -3.73. The molecular formula is C18H19ClF3NOS. The number of nitrogens with zero attached hydrogens (tertiary/aromatic N) is 1. The van der Waals surface area contributed by atoms with Gasteiger partial charge >= 0.3 is 6.18 Å². The SMILES string of the molecule is Cc1ccc(CN2CCC(O)(c3ccc(Cl)c(C(F)(F)F)c3)CC2)s1. The number of hydrogen-bond acceptors (Lipinski definition) is 3. The normalized spacial score (nSPS) is 18.5. The smallest absolute Gasteiger partial charge is 0.385 e. The van der Waals surface area contributed by atoms with E-state index in [1.165, 1.54) is 21.9 Å². The summed E-state index contributed by atoms with van der Waals surface area (Å²) in [4.78, 5) is 4.73.